The third-order valence-corrected chi connectivity index (χ3v) is 5.52. The summed E-state index contributed by atoms with van der Waals surface area (Å²) < 4.78 is 1.58. The molecule has 3 aromatic rings. The van der Waals surface area contributed by atoms with Crippen molar-refractivity contribution < 1.29 is 4.79 Å². The third kappa shape index (κ3) is 4.56. The van der Waals surface area contributed by atoms with Crippen LogP contribution in [0.15, 0.2) is 52.4 Å². The Morgan fingerprint density at radius 3 is 2.79 bits per heavy atom. The maximum atomic E-state index is 13.2. The van der Waals surface area contributed by atoms with Gasteiger partial charge in [-0.1, -0.05) is 54.9 Å². The lowest BCUT2D eigenvalue weighted by molar-refractivity contribution is -0.118. The zero-order chi connectivity index (χ0) is 20.1. The van der Waals surface area contributed by atoms with Crippen LogP contribution < -0.4 is 10.9 Å². The first-order valence-corrected chi connectivity index (χ1v) is 10.6. The van der Waals surface area contributed by atoms with E-state index in [0.29, 0.717) is 27.6 Å². The lowest BCUT2D eigenvalue weighted by atomic mass is 10.2. The van der Waals surface area contributed by atoms with Gasteiger partial charge in [-0.25, -0.2) is 4.98 Å². The molecular formula is C21H22ClN3O2S. The number of nitrogens with zero attached hydrogens (tertiary/aromatic N) is 2. The molecule has 1 aromatic heterocycles. The molecule has 5 nitrogen and oxygen atoms in total. The van der Waals surface area contributed by atoms with Gasteiger partial charge < -0.3 is 5.32 Å². The molecule has 146 valence electrons. The largest absolute Gasteiger partial charge is 0.355 e. The lowest BCUT2D eigenvalue weighted by Crippen LogP contribution is -2.27. The van der Waals surface area contributed by atoms with E-state index in [1.165, 1.54) is 11.8 Å². The number of rotatable bonds is 7. The number of hydrogen-bond donors (Lipinski definition) is 1. The van der Waals surface area contributed by atoms with Gasteiger partial charge in [0.05, 0.1) is 22.3 Å². The molecular weight excluding hydrogens is 394 g/mol. The number of hydrogen-bond acceptors (Lipinski definition) is 4. The van der Waals surface area contributed by atoms with Crippen LogP contribution in [0.4, 0.5) is 0 Å². The van der Waals surface area contributed by atoms with Crippen LogP contribution in [0.2, 0.25) is 5.02 Å². The SMILES string of the molecule is CCCCNC(=O)CSc1nc2cc(Cl)ccc2c(=O)n1-c1ccccc1C. The molecule has 28 heavy (non-hydrogen) atoms. The van der Waals surface area contributed by atoms with Crippen molar-refractivity contribution in [1.82, 2.24) is 14.9 Å². The van der Waals surface area contributed by atoms with E-state index in [1.54, 1.807) is 22.8 Å². The summed E-state index contributed by atoms with van der Waals surface area (Å²) in [6.45, 7) is 4.67. The quantitative estimate of drug-likeness (QED) is 0.354. The van der Waals surface area contributed by atoms with Gasteiger partial charge in [0, 0.05) is 11.6 Å². The number of halogens is 1. The Hall–Kier alpha value is -2.31. The summed E-state index contributed by atoms with van der Waals surface area (Å²) in [6, 6.07) is 12.7. The molecule has 3 rings (SSSR count). The van der Waals surface area contributed by atoms with Crippen LogP contribution in [0, 0.1) is 6.92 Å². The Morgan fingerprint density at radius 1 is 1.25 bits per heavy atom. The fourth-order valence-corrected chi connectivity index (χ4v) is 3.85. The maximum absolute atomic E-state index is 13.2. The number of aryl methyl sites for hydroxylation is 1. The Labute approximate surface area is 173 Å². The number of benzene rings is 2. The minimum atomic E-state index is -0.176. The van der Waals surface area contributed by atoms with Crippen molar-refractivity contribution >= 4 is 40.2 Å². The summed E-state index contributed by atoms with van der Waals surface area (Å²) in [5, 5.41) is 4.37. The van der Waals surface area contributed by atoms with Gasteiger partial charge in [-0.3, -0.25) is 14.2 Å². The van der Waals surface area contributed by atoms with E-state index >= 15 is 0 Å². The summed E-state index contributed by atoms with van der Waals surface area (Å²) in [5.74, 6) is 0.115. The van der Waals surface area contributed by atoms with Gasteiger partial charge in [-0.2, -0.15) is 0 Å². The van der Waals surface area contributed by atoms with Crippen molar-refractivity contribution in [2.24, 2.45) is 0 Å². The number of amides is 1. The van der Waals surface area contributed by atoms with Crippen molar-refractivity contribution in [1.29, 1.82) is 0 Å². The number of aromatic nitrogens is 2. The van der Waals surface area contributed by atoms with E-state index in [-0.39, 0.29) is 17.2 Å². The van der Waals surface area contributed by atoms with E-state index in [2.05, 4.69) is 17.2 Å². The second kappa shape index (κ2) is 9.26. The predicted octanol–water partition coefficient (Wildman–Crippen LogP) is 4.36. The van der Waals surface area contributed by atoms with Gasteiger partial charge in [0.15, 0.2) is 5.16 Å². The molecule has 0 atom stereocenters. The molecule has 0 bridgehead atoms. The summed E-state index contributed by atoms with van der Waals surface area (Å²) in [6.07, 6.45) is 1.96. The molecule has 0 saturated heterocycles. The van der Waals surface area contributed by atoms with E-state index in [4.69, 9.17) is 11.6 Å². The third-order valence-electron chi connectivity index (χ3n) is 4.34. The normalized spacial score (nSPS) is 11.0. The summed E-state index contributed by atoms with van der Waals surface area (Å²) in [4.78, 5) is 30.0. The first-order chi connectivity index (χ1) is 13.5. The lowest BCUT2D eigenvalue weighted by Gasteiger charge is -2.15. The van der Waals surface area contributed by atoms with Crippen molar-refractivity contribution in [2.75, 3.05) is 12.3 Å². The van der Waals surface area contributed by atoms with Crippen molar-refractivity contribution in [3.63, 3.8) is 0 Å². The van der Waals surface area contributed by atoms with E-state index in [1.807, 2.05) is 31.2 Å². The van der Waals surface area contributed by atoms with Gasteiger partial charge in [0.2, 0.25) is 5.91 Å². The molecule has 0 aliphatic heterocycles. The second-order valence-corrected chi connectivity index (χ2v) is 7.85. The van der Waals surface area contributed by atoms with Crippen molar-refractivity contribution in [3.05, 3.63) is 63.4 Å². The van der Waals surface area contributed by atoms with Crippen LogP contribution in [0.25, 0.3) is 16.6 Å². The zero-order valence-electron chi connectivity index (χ0n) is 15.9. The van der Waals surface area contributed by atoms with Crippen LogP contribution >= 0.6 is 23.4 Å². The standard InChI is InChI=1S/C21H22ClN3O2S/c1-3-4-11-23-19(26)13-28-21-24-17-12-15(22)9-10-16(17)20(27)25(21)18-8-6-5-7-14(18)2/h5-10,12H,3-4,11,13H2,1-2H3,(H,23,26). The molecule has 0 saturated carbocycles. The average molecular weight is 416 g/mol. The highest BCUT2D eigenvalue weighted by Crippen LogP contribution is 2.24. The zero-order valence-corrected chi connectivity index (χ0v) is 17.4. The summed E-state index contributed by atoms with van der Waals surface area (Å²) in [5.41, 5.74) is 2.06. The van der Waals surface area contributed by atoms with E-state index in [9.17, 15) is 9.59 Å². The molecule has 0 radical (unpaired) electrons. The Balaban J connectivity index is 2.04. The van der Waals surface area contributed by atoms with Crippen LogP contribution in [-0.4, -0.2) is 27.8 Å². The van der Waals surface area contributed by atoms with Crippen LogP contribution in [0.1, 0.15) is 25.3 Å². The maximum Gasteiger partial charge on any atom is 0.266 e. The molecule has 0 aliphatic carbocycles. The van der Waals surface area contributed by atoms with E-state index in [0.717, 1.165) is 24.1 Å². The fourth-order valence-electron chi connectivity index (χ4n) is 2.85. The monoisotopic (exact) mass is 415 g/mol. The van der Waals surface area contributed by atoms with Crippen LogP contribution in [0.3, 0.4) is 0 Å². The molecule has 1 heterocycles. The highest BCUT2D eigenvalue weighted by atomic mass is 35.5. The smallest absolute Gasteiger partial charge is 0.266 e. The van der Waals surface area contributed by atoms with E-state index < -0.39 is 0 Å². The number of fused-ring (bicyclic) bond motifs is 1. The van der Waals surface area contributed by atoms with Crippen molar-refractivity contribution in [2.45, 2.75) is 31.8 Å². The van der Waals surface area contributed by atoms with Gasteiger partial charge in [-0.05, 0) is 43.2 Å². The van der Waals surface area contributed by atoms with Gasteiger partial charge in [0.1, 0.15) is 0 Å². The van der Waals surface area contributed by atoms with Gasteiger partial charge >= 0.3 is 0 Å². The van der Waals surface area contributed by atoms with Gasteiger partial charge in [-0.15, -0.1) is 0 Å². The minimum absolute atomic E-state index is 0.0739. The van der Waals surface area contributed by atoms with Gasteiger partial charge in [0.25, 0.3) is 5.56 Å². The van der Waals surface area contributed by atoms with Crippen LogP contribution in [-0.2, 0) is 4.79 Å². The number of thioether (sulfide) groups is 1. The minimum Gasteiger partial charge on any atom is -0.355 e. The molecule has 0 unspecified atom stereocenters. The highest BCUT2D eigenvalue weighted by molar-refractivity contribution is 7.99. The predicted molar refractivity (Wildman–Crippen MR) is 116 cm³/mol. The number of carbonyl (C=O) groups is 1. The molecule has 2 aromatic carbocycles. The Bertz CT molecular complexity index is 1070. The molecule has 7 heteroatoms. The first-order valence-electron chi connectivity index (χ1n) is 9.19. The summed E-state index contributed by atoms with van der Waals surface area (Å²) in [7, 11) is 0. The van der Waals surface area contributed by atoms with Crippen LogP contribution in [0.5, 0.6) is 0 Å². The number of para-hydroxylation sites is 1. The topological polar surface area (TPSA) is 64.0 Å². The first kappa shape index (κ1) is 20.4. The second-order valence-electron chi connectivity index (χ2n) is 6.48. The summed E-state index contributed by atoms with van der Waals surface area (Å²) >= 11 is 7.33. The highest BCUT2D eigenvalue weighted by Gasteiger charge is 2.16. The number of carbonyl (C=O) groups excluding carboxylic acids is 1. The number of nitrogens with one attached hydrogen (secondary N) is 1. The molecule has 1 N–H and O–H groups in total. The molecule has 0 fully saturated rings. The van der Waals surface area contributed by atoms with Crippen molar-refractivity contribution in [3.8, 4) is 5.69 Å². The molecule has 0 spiro atoms. The Kier molecular flexibility index (Phi) is 6.75. The molecule has 0 aliphatic rings. The number of unbranched alkanes of at least 4 members (excludes halogenated alkanes) is 1. The Morgan fingerprint density at radius 2 is 2.04 bits per heavy atom. The average Bonchev–Trinajstić information content (AvgIpc) is 2.67. The molecule has 1 amide bonds. The fraction of sp³-hybridized carbons (Fsp3) is 0.286.